The number of rotatable bonds is 3. The molecule has 0 amide bonds. The molecule has 4 rings (SSSR count). The number of pyridine rings is 2. The van der Waals surface area contributed by atoms with E-state index in [0.717, 1.165) is 16.3 Å². The molecule has 1 aromatic carbocycles. The van der Waals surface area contributed by atoms with Gasteiger partial charge in [-0.3, -0.25) is 0 Å². The van der Waals surface area contributed by atoms with Crippen LogP contribution in [0.5, 0.6) is 0 Å². The van der Waals surface area contributed by atoms with Crippen molar-refractivity contribution in [2.45, 2.75) is 6.61 Å². The zero-order chi connectivity index (χ0) is 18.1. The Bertz CT molecular complexity index is 1190. The quantitative estimate of drug-likeness (QED) is 0.401. The normalized spacial score (nSPS) is 10.8. The molecule has 0 aliphatic rings. The van der Waals surface area contributed by atoms with Crippen molar-refractivity contribution in [2.75, 3.05) is 0 Å². The Balaban J connectivity index is 1.61. The van der Waals surface area contributed by atoms with Crippen LogP contribution in [-0.4, -0.2) is 15.4 Å². The van der Waals surface area contributed by atoms with Gasteiger partial charge in [0.25, 0.3) is 0 Å². The summed E-state index contributed by atoms with van der Waals surface area (Å²) < 4.78 is 7.19. The van der Waals surface area contributed by atoms with Crippen molar-refractivity contribution in [3.05, 3.63) is 82.9 Å². The highest BCUT2D eigenvalue weighted by atomic mass is 35.5. The highest BCUT2D eigenvalue weighted by Crippen LogP contribution is 2.23. The first kappa shape index (κ1) is 16.1. The zero-order valence-corrected chi connectivity index (χ0v) is 14.3. The van der Waals surface area contributed by atoms with Crippen molar-refractivity contribution in [1.82, 2.24) is 9.38 Å². The molecule has 3 aromatic heterocycles. The Labute approximate surface area is 154 Å². The molecule has 26 heavy (non-hydrogen) atoms. The molecule has 0 spiro atoms. The largest absolute Gasteiger partial charge is 0.456 e. The molecule has 0 saturated carbocycles. The third kappa shape index (κ3) is 2.77. The van der Waals surface area contributed by atoms with Gasteiger partial charge in [0.1, 0.15) is 17.8 Å². The molecule has 5 nitrogen and oxygen atoms in total. The monoisotopic (exact) mass is 361 g/mol. The number of esters is 1. The second kappa shape index (κ2) is 6.51. The number of halogens is 1. The second-order valence-corrected chi connectivity index (χ2v) is 6.09. The van der Waals surface area contributed by atoms with Crippen LogP contribution in [0.15, 0.2) is 60.9 Å². The van der Waals surface area contributed by atoms with E-state index in [1.165, 1.54) is 0 Å². The summed E-state index contributed by atoms with van der Waals surface area (Å²) in [4.78, 5) is 16.5. The number of fused-ring (bicyclic) bond motifs is 2. The lowest BCUT2D eigenvalue weighted by Crippen LogP contribution is -2.08. The van der Waals surface area contributed by atoms with Crippen molar-refractivity contribution < 1.29 is 9.53 Å². The van der Waals surface area contributed by atoms with Crippen LogP contribution in [0.4, 0.5) is 0 Å². The Morgan fingerprint density at radius 3 is 2.88 bits per heavy atom. The van der Waals surface area contributed by atoms with Crippen LogP contribution < -0.4 is 0 Å². The van der Waals surface area contributed by atoms with Crippen molar-refractivity contribution in [2.24, 2.45) is 0 Å². The fourth-order valence-electron chi connectivity index (χ4n) is 2.89. The SMILES string of the molecule is N#Cc1c(COC(=O)c2cc3ccccc3c(Cl)n2)cn2ccccc12. The van der Waals surface area contributed by atoms with E-state index >= 15 is 0 Å². The van der Waals surface area contributed by atoms with Crippen LogP contribution in [0.2, 0.25) is 5.15 Å². The lowest BCUT2D eigenvalue weighted by molar-refractivity contribution is 0.0466. The number of hydrogen-bond acceptors (Lipinski definition) is 4. The fraction of sp³-hybridized carbons (Fsp3) is 0.0500. The zero-order valence-electron chi connectivity index (χ0n) is 13.5. The van der Waals surface area contributed by atoms with E-state index in [-0.39, 0.29) is 17.5 Å². The first-order valence-electron chi connectivity index (χ1n) is 7.88. The molecule has 0 unspecified atom stereocenters. The van der Waals surface area contributed by atoms with Gasteiger partial charge in [0, 0.05) is 23.3 Å². The standard InChI is InChI=1S/C20H12ClN3O2/c21-19-15-6-2-1-5-13(15)9-17(23-19)20(25)26-12-14-11-24-8-4-3-7-18(24)16(14)10-22/h1-9,11H,12H2. The van der Waals surface area contributed by atoms with Crippen LogP contribution in [0.25, 0.3) is 16.3 Å². The van der Waals surface area contributed by atoms with Gasteiger partial charge in [-0.2, -0.15) is 5.26 Å². The van der Waals surface area contributed by atoms with Gasteiger partial charge in [-0.1, -0.05) is 41.9 Å². The molecule has 0 radical (unpaired) electrons. The highest BCUT2D eigenvalue weighted by molar-refractivity contribution is 6.34. The van der Waals surface area contributed by atoms with E-state index in [4.69, 9.17) is 16.3 Å². The number of hydrogen-bond donors (Lipinski definition) is 0. The van der Waals surface area contributed by atoms with Crippen molar-refractivity contribution in [3.63, 3.8) is 0 Å². The number of nitriles is 1. The predicted octanol–water partition coefficient (Wildman–Crippen LogP) is 4.37. The van der Waals surface area contributed by atoms with Gasteiger partial charge in [0.2, 0.25) is 0 Å². The Hall–Kier alpha value is -3.36. The van der Waals surface area contributed by atoms with E-state index in [0.29, 0.717) is 11.1 Å². The molecule has 0 N–H and O–H groups in total. The molecule has 0 aliphatic carbocycles. The molecule has 0 aliphatic heterocycles. The van der Waals surface area contributed by atoms with Gasteiger partial charge in [-0.25, -0.2) is 9.78 Å². The Morgan fingerprint density at radius 2 is 2.04 bits per heavy atom. The molecule has 3 heterocycles. The van der Waals surface area contributed by atoms with E-state index < -0.39 is 5.97 Å². The van der Waals surface area contributed by atoms with Gasteiger partial charge in [-0.15, -0.1) is 0 Å². The highest BCUT2D eigenvalue weighted by Gasteiger charge is 2.15. The molecule has 0 saturated heterocycles. The maximum Gasteiger partial charge on any atom is 0.357 e. The average molecular weight is 362 g/mol. The summed E-state index contributed by atoms with van der Waals surface area (Å²) in [5.74, 6) is -0.586. The first-order valence-corrected chi connectivity index (χ1v) is 8.26. The van der Waals surface area contributed by atoms with Crippen LogP contribution in [0.3, 0.4) is 0 Å². The molecule has 0 fully saturated rings. The summed E-state index contributed by atoms with van der Waals surface area (Å²) in [6.45, 7) is -0.0183. The van der Waals surface area contributed by atoms with E-state index in [9.17, 15) is 10.1 Å². The predicted molar refractivity (Wildman–Crippen MR) is 98.0 cm³/mol. The fourth-order valence-corrected chi connectivity index (χ4v) is 3.16. The van der Waals surface area contributed by atoms with Crippen LogP contribution in [0.1, 0.15) is 21.6 Å². The van der Waals surface area contributed by atoms with Crippen molar-refractivity contribution >= 4 is 33.9 Å². The summed E-state index contributed by atoms with van der Waals surface area (Å²) in [6, 6.07) is 16.8. The molecule has 0 atom stereocenters. The van der Waals surface area contributed by atoms with Gasteiger partial charge in [-0.05, 0) is 23.6 Å². The number of benzene rings is 1. The summed E-state index contributed by atoms with van der Waals surface area (Å²) in [5, 5.41) is 11.2. The maximum atomic E-state index is 12.4. The second-order valence-electron chi connectivity index (χ2n) is 5.73. The minimum absolute atomic E-state index is 0.0183. The third-order valence-corrected chi connectivity index (χ3v) is 4.42. The molecule has 4 aromatic rings. The molecule has 126 valence electrons. The van der Waals surface area contributed by atoms with Gasteiger partial charge < -0.3 is 9.14 Å². The minimum Gasteiger partial charge on any atom is -0.456 e. The summed E-state index contributed by atoms with van der Waals surface area (Å²) in [7, 11) is 0. The van der Waals surface area contributed by atoms with Crippen LogP contribution in [-0.2, 0) is 11.3 Å². The topological polar surface area (TPSA) is 67.4 Å². The van der Waals surface area contributed by atoms with E-state index in [1.807, 2.05) is 53.1 Å². The minimum atomic E-state index is -0.586. The average Bonchev–Trinajstić information content (AvgIpc) is 3.03. The first-order chi connectivity index (χ1) is 12.7. The van der Waals surface area contributed by atoms with Crippen molar-refractivity contribution in [1.29, 1.82) is 5.26 Å². The van der Waals surface area contributed by atoms with Crippen molar-refractivity contribution in [3.8, 4) is 6.07 Å². The molecule has 6 heteroatoms. The molecular formula is C20H12ClN3O2. The number of ether oxygens (including phenoxy) is 1. The molecule has 0 bridgehead atoms. The maximum absolute atomic E-state index is 12.4. The Morgan fingerprint density at radius 1 is 1.23 bits per heavy atom. The van der Waals surface area contributed by atoms with Gasteiger partial charge in [0.05, 0.1) is 11.1 Å². The van der Waals surface area contributed by atoms with Crippen LogP contribution in [0, 0.1) is 11.3 Å². The number of carbonyl (C=O) groups is 1. The van der Waals surface area contributed by atoms with Gasteiger partial charge >= 0.3 is 5.97 Å². The number of nitrogens with zero attached hydrogens (tertiary/aromatic N) is 3. The van der Waals surface area contributed by atoms with E-state index in [1.54, 1.807) is 12.3 Å². The van der Waals surface area contributed by atoms with Gasteiger partial charge in [0.15, 0.2) is 5.69 Å². The number of aromatic nitrogens is 2. The number of carbonyl (C=O) groups excluding carboxylic acids is 1. The van der Waals surface area contributed by atoms with E-state index in [2.05, 4.69) is 11.1 Å². The lowest BCUT2D eigenvalue weighted by Gasteiger charge is -2.06. The molecular weight excluding hydrogens is 350 g/mol. The van der Waals surface area contributed by atoms with Crippen LogP contribution >= 0.6 is 11.6 Å². The lowest BCUT2D eigenvalue weighted by atomic mass is 10.1. The summed E-state index contributed by atoms with van der Waals surface area (Å²) in [6.07, 6.45) is 3.62. The summed E-state index contributed by atoms with van der Waals surface area (Å²) in [5.41, 5.74) is 2.03. The Kier molecular flexibility index (Phi) is 4.04. The third-order valence-electron chi connectivity index (χ3n) is 4.14. The smallest absolute Gasteiger partial charge is 0.357 e. The summed E-state index contributed by atoms with van der Waals surface area (Å²) >= 11 is 6.16.